The minimum atomic E-state index is -0.400. The second kappa shape index (κ2) is 6.53. The second-order valence-electron chi connectivity index (χ2n) is 7.29. The van der Waals surface area contributed by atoms with E-state index in [-0.39, 0.29) is 11.3 Å². The number of carbonyl (C=O) groups is 1. The van der Waals surface area contributed by atoms with Crippen molar-refractivity contribution in [3.05, 3.63) is 12.0 Å². The average molecular weight is 335 g/mol. The summed E-state index contributed by atoms with van der Waals surface area (Å²) in [6.45, 7) is 2.56. The number of piperidine rings is 1. The van der Waals surface area contributed by atoms with Crippen molar-refractivity contribution in [1.29, 1.82) is 0 Å². The van der Waals surface area contributed by atoms with E-state index in [2.05, 4.69) is 14.9 Å². The molecule has 0 N–H and O–H groups in total. The van der Waals surface area contributed by atoms with E-state index in [0.717, 1.165) is 45.3 Å². The van der Waals surface area contributed by atoms with Gasteiger partial charge in [0.15, 0.2) is 11.6 Å². The fourth-order valence-electron chi connectivity index (χ4n) is 3.71. The Morgan fingerprint density at radius 2 is 1.83 bits per heavy atom. The molecule has 2 saturated heterocycles. The van der Waals surface area contributed by atoms with Gasteiger partial charge in [0.25, 0.3) is 0 Å². The molecule has 0 aliphatic carbocycles. The van der Waals surface area contributed by atoms with Crippen molar-refractivity contribution in [2.75, 3.05) is 50.6 Å². The van der Waals surface area contributed by atoms with Crippen LogP contribution in [0.25, 0.3) is 0 Å². The van der Waals surface area contributed by atoms with Crippen LogP contribution in [0.5, 0.6) is 0 Å². The molecular formula is C17H26FN5O. The first-order chi connectivity index (χ1) is 11.4. The van der Waals surface area contributed by atoms with Gasteiger partial charge < -0.3 is 14.7 Å². The van der Waals surface area contributed by atoms with Crippen LogP contribution >= 0.6 is 0 Å². The van der Waals surface area contributed by atoms with Gasteiger partial charge in [-0.15, -0.1) is 0 Å². The number of nitrogens with zero attached hydrogens (tertiary/aromatic N) is 5. The predicted octanol–water partition coefficient (Wildman–Crippen LogP) is 1.91. The summed E-state index contributed by atoms with van der Waals surface area (Å²) in [4.78, 5) is 26.1. The summed E-state index contributed by atoms with van der Waals surface area (Å²) < 4.78 is 13.8. The summed E-state index contributed by atoms with van der Waals surface area (Å²) in [5.41, 5.74) is 0.251. The van der Waals surface area contributed by atoms with Gasteiger partial charge in [-0.2, -0.15) is 4.98 Å². The van der Waals surface area contributed by atoms with E-state index in [0.29, 0.717) is 18.2 Å². The number of aromatic nitrogens is 2. The molecule has 3 rings (SSSR count). The van der Waals surface area contributed by atoms with Crippen molar-refractivity contribution < 1.29 is 9.18 Å². The van der Waals surface area contributed by atoms with Crippen molar-refractivity contribution in [2.45, 2.75) is 32.1 Å². The summed E-state index contributed by atoms with van der Waals surface area (Å²) in [6.07, 6.45) is 6.00. The summed E-state index contributed by atoms with van der Waals surface area (Å²) in [5.74, 6) is 0.771. The molecule has 0 bridgehead atoms. The van der Waals surface area contributed by atoms with Gasteiger partial charge in [-0.05, 0) is 31.1 Å². The molecule has 1 aromatic heterocycles. The number of likely N-dealkylation sites (tertiary alicyclic amines) is 1. The van der Waals surface area contributed by atoms with E-state index in [1.54, 1.807) is 19.0 Å². The zero-order valence-electron chi connectivity index (χ0n) is 14.8. The molecule has 0 saturated carbocycles. The molecule has 24 heavy (non-hydrogen) atoms. The van der Waals surface area contributed by atoms with Crippen molar-refractivity contribution >= 4 is 17.7 Å². The minimum Gasteiger partial charge on any atom is -0.360 e. The molecule has 0 radical (unpaired) electrons. The van der Waals surface area contributed by atoms with Gasteiger partial charge >= 0.3 is 0 Å². The van der Waals surface area contributed by atoms with Crippen LogP contribution in [0.15, 0.2) is 6.20 Å². The summed E-state index contributed by atoms with van der Waals surface area (Å²) in [6, 6.07) is 0. The zero-order valence-corrected chi connectivity index (χ0v) is 14.8. The SMILES string of the molecule is CN1CCC2(CCC1=O)CCN(c1ncc(F)c(N(C)C)n1)CC2. The predicted molar refractivity (Wildman–Crippen MR) is 91.7 cm³/mol. The van der Waals surface area contributed by atoms with Crippen molar-refractivity contribution in [3.8, 4) is 0 Å². The van der Waals surface area contributed by atoms with E-state index in [1.165, 1.54) is 6.20 Å². The lowest BCUT2D eigenvalue weighted by atomic mass is 9.73. The molecule has 6 nitrogen and oxygen atoms in total. The number of hydrogen-bond acceptors (Lipinski definition) is 5. The van der Waals surface area contributed by atoms with Gasteiger partial charge in [-0.1, -0.05) is 0 Å². The number of amides is 1. The maximum absolute atomic E-state index is 13.8. The Labute approximate surface area is 142 Å². The van der Waals surface area contributed by atoms with Crippen molar-refractivity contribution in [1.82, 2.24) is 14.9 Å². The van der Waals surface area contributed by atoms with Crippen molar-refractivity contribution in [2.24, 2.45) is 5.41 Å². The van der Waals surface area contributed by atoms with Crippen LogP contribution in [-0.2, 0) is 4.79 Å². The molecule has 1 amide bonds. The Hall–Kier alpha value is -1.92. The number of carbonyl (C=O) groups excluding carboxylic acids is 1. The second-order valence-corrected chi connectivity index (χ2v) is 7.29. The van der Waals surface area contributed by atoms with Gasteiger partial charge in [0.2, 0.25) is 11.9 Å². The first-order valence-corrected chi connectivity index (χ1v) is 8.59. The monoisotopic (exact) mass is 335 g/mol. The van der Waals surface area contributed by atoms with Crippen LogP contribution in [0, 0.1) is 11.2 Å². The summed E-state index contributed by atoms with van der Waals surface area (Å²) >= 11 is 0. The highest BCUT2D eigenvalue weighted by Gasteiger charge is 2.37. The van der Waals surface area contributed by atoms with Gasteiger partial charge in [-0.3, -0.25) is 4.79 Å². The lowest BCUT2D eigenvalue weighted by Crippen LogP contribution is -2.41. The third kappa shape index (κ3) is 3.30. The molecule has 2 aliphatic heterocycles. The first kappa shape index (κ1) is 16.9. The maximum Gasteiger partial charge on any atom is 0.227 e. The van der Waals surface area contributed by atoms with Gasteiger partial charge in [0.1, 0.15) is 0 Å². The normalized spacial score (nSPS) is 21.1. The Balaban J connectivity index is 1.69. The average Bonchev–Trinajstić information content (AvgIpc) is 2.70. The molecule has 1 spiro atoms. The maximum atomic E-state index is 13.8. The molecule has 132 valence electrons. The lowest BCUT2D eigenvalue weighted by molar-refractivity contribution is -0.129. The fourth-order valence-corrected chi connectivity index (χ4v) is 3.71. The smallest absolute Gasteiger partial charge is 0.227 e. The Kier molecular flexibility index (Phi) is 4.60. The lowest BCUT2D eigenvalue weighted by Gasteiger charge is -2.41. The number of hydrogen-bond donors (Lipinski definition) is 0. The molecule has 7 heteroatoms. The van der Waals surface area contributed by atoms with Gasteiger partial charge in [-0.25, -0.2) is 9.37 Å². The van der Waals surface area contributed by atoms with E-state index in [1.807, 2.05) is 11.9 Å². The molecule has 0 atom stereocenters. The quantitative estimate of drug-likeness (QED) is 0.826. The largest absolute Gasteiger partial charge is 0.360 e. The topological polar surface area (TPSA) is 52.6 Å². The zero-order chi connectivity index (χ0) is 17.3. The van der Waals surface area contributed by atoms with Gasteiger partial charge in [0.05, 0.1) is 6.20 Å². The molecule has 1 aromatic rings. The minimum absolute atomic E-state index is 0.251. The Morgan fingerprint density at radius 3 is 2.50 bits per heavy atom. The van der Waals surface area contributed by atoms with E-state index in [9.17, 15) is 9.18 Å². The van der Waals surface area contributed by atoms with E-state index >= 15 is 0 Å². The first-order valence-electron chi connectivity index (χ1n) is 8.59. The number of rotatable bonds is 2. The molecule has 0 aromatic carbocycles. The molecule has 0 unspecified atom stereocenters. The fraction of sp³-hybridized carbons (Fsp3) is 0.706. The summed E-state index contributed by atoms with van der Waals surface area (Å²) in [5, 5.41) is 0. The highest BCUT2D eigenvalue weighted by molar-refractivity contribution is 5.76. The van der Waals surface area contributed by atoms with Gasteiger partial charge in [0, 0.05) is 47.2 Å². The van der Waals surface area contributed by atoms with Crippen LogP contribution in [-0.4, -0.2) is 61.6 Å². The molecular weight excluding hydrogens is 309 g/mol. The third-order valence-electron chi connectivity index (χ3n) is 5.52. The molecule has 2 fully saturated rings. The van der Waals surface area contributed by atoms with Crippen LogP contribution in [0.4, 0.5) is 16.2 Å². The van der Waals surface area contributed by atoms with Crippen LogP contribution < -0.4 is 9.80 Å². The Morgan fingerprint density at radius 1 is 1.17 bits per heavy atom. The highest BCUT2D eigenvalue weighted by Crippen LogP contribution is 2.41. The van der Waals surface area contributed by atoms with Crippen LogP contribution in [0.1, 0.15) is 32.1 Å². The highest BCUT2D eigenvalue weighted by atomic mass is 19.1. The molecule has 3 heterocycles. The number of anilines is 2. The standard InChI is InChI=1S/C17H26FN5O/c1-21(2)15-13(18)12-19-16(20-15)23-10-7-17(8-11-23)5-4-14(24)22(3)9-6-17/h12H,4-11H2,1-3H3. The third-order valence-corrected chi connectivity index (χ3v) is 5.52. The van der Waals surface area contributed by atoms with Crippen LogP contribution in [0.3, 0.4) is 0 Å². The number of halogens is 1. The Bertz CT molecular complexity index is 613. The van der Waals surface area contributed by atoms with Crippen LogP contribution in [0.2, 0.25) is 0 Å². The summed E-state index contributed by atoms with van der Waals surface area (Å²) in [7, 11) is 5.45. The van der Waals surface area contributed by atoms with Crippen molar-refractivity contribution in [3.63, 3.8) is 0 Å². The molecule has 2 aliphatic rings. The van der Waals surface area contributed by atoms with E-state index in [4.69, 9.17) is 0 Å². The van der Waals surface area contributed by atoms with E-state index < -0.39 is 5.82 Å².